The Morgan fingerprint density at radius 3 is 2.58 bits per heavy atom. The molecular weight excluding hydrogens is 244 g/mol. The lowest BCUT2D eigenvalue weighted by atomic mass is 10.1. The van der Waals surface area contributed by atoms with Gasteiger partial charge in [0, 0.05) is 6.04 Å². The number of phenolic OH excluding ortho intramolecular Hbond substituents is 1. The van der Waals surface area contributed by atoms with Gasteiger partial charge in [0.1, 0.15) is 11.4 Å². The number of hydrogen-bond donors (Lipinski definition) is 3. The van der Waals surface area contributed by atoms with E-state index in [2.05, 4.69) is 5.32 Å². The fourth-order valence-electron chi connectivity index (χ4n) is 1.60. The second kappa shape index (κ2) is 5.93. The van der Waals surface area contributed by atoms with Crippen LogP contribution >= 0.6 is 0 Å². The Kier molecular flexibility index (Phi) is 4.78. The van der Waals surface area contributed by atoms with Crippen molar-refractivity contribution in [3.05, 3.63) is 23.8 Å². The number of carbonyl (C=O) groups is 1. The molecule has 1 aromatic carbocycles. The van der Waals surface area contributed by atoms with Crippen LogP contribution in [0.15, 0.2) is 18.2 Å². The highest BCUT2D eigenvalue weighted by Crippen LogP contribution is 2.25. The number of amides is 1. The fraction of sp³-hybridized carbons (Fsp3) is 0.500. The standard InChI is InChI=1S/C14H22N2O3/c1-9(15)7-10-5-6-11(12(17)8-10)16-13(18)19-14(2,3)4/h5-6,8-9,17H,7,15H2,1-4H3,(H,16,18)/t9-/m0/s1. The molecule has 5 heteroatoms. The van der Waals surface area contributed by atoms with Crippen LogP contribution in [0, 0.1) is 0 Å². The van der Waals surface area contributed by atoms with E-state index in [0.29, 0.717) is 12.1 Å². The quantitative estimate of drug-likeness (QED) is 0.734. The summed E-state index contributed by atoms with van der Waals surface area (Å²) in [6, 6.07) is 5.06. The number of nitrogens with two attached hydrogens (primary N) is 1. The van der Waals surface area contributed by atoms with Crippen molar-refractivity contribution in [2.45, 2.75) is 45.8 Å². The maximum Gasteiger partial charge on any atom is 0.412 e. The minimum Gasteiger partial charge on any atom is -0.506 e. The van der Waals surface area contributed by atoms with E-state index in [0.717, 1.165) is 5.56 Å². The summed E-state index contributed by atoms with van der Waals surface area (Å²) in [5.74, 6) is 0.00371. The monoisotopic (exact) mass is 266 g/mol. The highest BCUT2D eigenvalue weighted by molar-refractivity contribution is 5.86. The zero-order valence-electron chi connectivity index (χ0n) is 11.9. The number of hydrogen-bond acceptors (Lipinski definition) is 4. The van der Waals surface area contributed by atoms with Crippen LogP contribution in [0.2, 0.25) is 0 Å². The van der Waals surface area contributed by atoms with Crippen LogP contribution in [0.4, 0.5) is 10.5 Å². The summed E-state index contributed by atoms with van der Waals surface area (Å²) in [6.07, 6.45) is 0.0723. The molecule has 1 aromatic rings. The first kappa shape index (κ1) is 15.3. The van der Waals surface area contributed by atoms with E-state index >= 15 is 0 Å². The van der Waals surface area contributed by atoms with E-state index in [1.807, 2.05) is 13.0 Å². The molecular formula is C14H22N2O3. The summed E-state index contributed by atoms with van der Waals surface area (Å²) in [7, 11) is 0. The number of nitrogens with one attached hydrogen (secondary N) is 1. The van der Waals surface area contributed by atoms with E-state index in [1.165, 1.54) is 0 Å². The maximum absolute atomic E-state index is 11.6. The van der Waals surface area contributed by atoms with Crippen LogP contribution in [0.5, 0.6) is 5.75 Å². The number of carbonyl (C=O) groups excluding carboxylic acids is 1. The zero-order valence-corrected chi connectivity index (χ0v) is 11.9. The molecule has 1 amide bonds. The Morgan fingerprint density at radius 1 is 1.47 bits per heavy atom. The first-order chi connectivity index (χ1) is 8.67. The average molecular weight is 266 g/mol. The van der Waals surface area contributed by atoms with Gasteiger partial charge in [-0.3, -0.25) is 5.32 Å². The lowest BCUT2D eigenvalue weighted by Crippen LogP contribution is -2.27. The van der Waals surface area contributed by atoms with E-state index < -0.39 is 11.7 Å². The molecule has 0 saturated carbocycles. The number of benzene rings is 1. The molecule has 1 atom stereocenters. The molecule has 1 rings (SSSR count). The summed E-state index contributed by atoms with van der Waals surface area (Å²) < 4.78 is 5.11. The van der Waals surface area contributed by atoms with Gasteiger partial charge >= 0.3 is 6.09 Å². The van der Waals surface area contributed by atoms with Crippen molar-refractivity contribution in [2.24, 2.45) is 5.73 Å². The first-order valence-corrected chi connectivity index (χ1v) is 6.25. The van der Waals surface area contributed by atoms with Gasteiger partial charge in [-0.25, -0.2) is 4.79 Å². The molecule has 5 nitrogen and oxygen atoms in total. The number of anilines is 1. The van der Waals surface area contributed by atoms with Crippen LogP contribution in [0.25, 0.3) is 0 Å². The third-order valence-corrected chi connectivity index (χ3v) is 2.26. The smallest absolute Gasteiger partial charge is 0.412 e. The Hall–Kier alpha value is -1.75. The lowest BCUT2D eigenvalue weighted by Gasteiger charge is -2.20. The van der Waals surface area contributed by atoms with Crippen LogP contribution in [-0.2, 0) is 11.2 Å². The van der Waals surface area contributed by atoms with Gasteiger partial charge in [0.2, 0.25) is 0 Å². The van der Waals surface area contributed by atoms with Crippen LogP contribution < -0.4 is 11.1 Å². The largest absolute Gasteiger partial charge is 0.506 e. The molecule has 0 spiro atoms. The van der Waals surface area contributed by atoms with Crippen LogP contribution in [0.1, 0.15) is 33.3 Å². The summed E-state index contributed by atoms with van der Waals surface area (Å²) in [6.45, 7) is 7.22. The summed E-state index contributed by atoms with van der Waals surface area (Å²) >= 11 is 0. The molecule has 0 aromatic heterocycles. The van der Waals surface area contributed by atoms with Gasteiger partial charge in [-0.05, 0) is 51.8 Å². The van der Waals surface area contributed by atoms with E-state index in [4.69, 9.17) is 10.5 Å². The van der Waals surface area contributed by atoms with E-state index in [9.17, 15) is 9.90 Å². The predicted molar refractivity (Wildman–Crippen MR) is 75.3 cm³/mol. The van der Waals surface area contributed by atoms with Gasteiger partial charge in [-0.15, -0.1) is 0 Å². The first-order valence-electron chi connectivity index (χ1n) is 6.25. The Labute approximate surface area is 113 Å². The van der Waals surface area contributed by atoms with Gasteiger partial charge < -0.3 is 15.6 Å². The van der Waals surface area contributed by atoms with Gasteiger partial charge in [0.05, 0.1) is 5.69 Å². The average Bonchev–Trinajstić information content (AvgIpc) is 2.18. The van der Waals surface area contributed by atoms with E-state index in [1.54, 1.807) is 32.9 Å². The highest BCUT2D eigenvalue weighted by atomic mass is 16.6. The SMILES string of the molecule is C[C@H](N)Cc1ccc(NC(=O)OC(C)(C)C)c(O)c1. The summed E-state index contributed by atoms with van der Waals surface area (Å²) in [5, 5.41) is 12.3. The molecule has 0 fully saturated rings. The predicted octanol–water partition coefficient (Wildman–Crippen LogP) is 2.63. The third kappa shape index (κ3) is 5.61. The minimum atomic E-state index is -0.595. The number of phenols is 1. The van der Waals surface area contributed by atoms with Crippen molar-refractivity contribution >= 4 is 11.8 Å². The second-order valence-electron chi connectivity index (χ2n) is 5.66. The van der Waals surface area contributed by atoms with Crippen molar-refractivity contribution in [2.75, 3.05) is 5.32 Å². The molecule has 0 unspecified atom stereocenters. The molecule has 19 heavy (non-hydrogen) atoms. The van der Waals surface area contributed by atoms with Gasteiger partial charge in [-0.1, -0.05) is 6.07 Å². The van der Waals surface area contributed by atoms with Crippen LogP contribution in [0.3, 0.4) is 0 Å². The van der Waals surface area contributed by atoms with Gasteiger partial charge in [0.25, 0.3) is 0 Å². The highest BCUT2D eigenvalue weighted by Gasteiger charge is 2.17. The molecule has 0 heterocycles. The van der Waals surface area contributed by atoms with Gasteiger partial charge in [-0.2, -0.15) is 0 Å². The topological polar surface area (TPSA) is 84.6 Å². The number of ether oxygens (including phenoxy) is 1. The number of aromatic hydroxyl groups is 1. The summed E-state index contributed by atoms with van der Waals surface area (Å²) in [5.41, 5.74) is 6.36. The minimum absolute atomic E-state index is 0.00371. The maximum atomic E-state index is 11.6. The Morgan fingerprint density at radius 2 is 2.11 bits per heavy atom. The molecule has 106 valence electrons. The molecule has 0 aliphatic rings. The van der Waals surface area contributed by atoms with Crippen molar-refractivity contribution in [3.8, 4) is 5.75 Å². The van der Waals surface area contributed by atoms with Crippen LogP contribution in [-0.4, -0.2) is 22.8 Å². The lowest BCUT2D eigenvalue weighted by molar-refractivity contribution is 0.0635. The second-order valence-corrected chi connectivity index (χ2v) is 5.66. The Bertz CT molecular complexity index is 450. The van der Waals surface area contributed by atoms with Crippen molar-refractivity contribution in [3.63, 3.8) is 0 Å². The molecule has 0 aliphatic carbocycles. The molecule has 0 bridgehead atoms. The third-order valence-electron chi connectivity index (χ3n) is 2.26. The van der Waals surface area contributed by atoms with E-state index in [-0.39, 0.29) is 11.8 Å². The zero-order chi connectivity index (χ0) is 14.6. The van der Waals surface area contributed by atoms with Crippen molar-refractivity contribution in [1.29, 1.82) is 0 Å². The van der Waals surface area contributed by atoms with Crippen molar-refractivity contribution in [1.82, 2.24) is 0 Å². The molecule has 0 aliphatic heterocycles. The molecule has 0 saturated heterocycles. The molecule has 0 radical (unpaired) electrons. The van der Waals surface area contributed by atoms with Crippen molar-refractivity contribution < 1.29 is 14.6 Å². The normalized spacial score (nSPS) is 12.9. The Balaban J connectivity index is 2.72. The number of rotatable bonds is 3. The fourth-order valence-corrected chi connectivity index (χ4v) is 1.60. The summed E-state index contributed by atoms with van der Waals surface area (Å²) in [4.78, 5) is 11.6. The molecule has 4 N–H and O–H groups in total. The van der Waals surface area contributed by atoms with Gasteiger partial charge in [0.15, 0.2) is 0 Å².